The third kappa shape index (κ3) is 6.53. The number of hydrogen-bond donors (Lipinski definition) is 2. The summed E-state index contributed by atoms with van der Waals surface area (Å²) >= 11 is 6.27. The van der Waals surface area contributed by atoms with Crippen molar-refractivity contribution < 1.29 is 14.3 Å². The van der Waals surface area contributed by atoms with Crippen LogP contribution in [0.1, 0.15) is 48.0 Å². The molecule has 1 fully saturated rings. The second-order valence-corrected chi connectivity index (χ2v) is 9.69. The molecule has 1 aliphatic rings. The fourth-order valence-corrected chi connectivity index (χ4v) is 4.64. The predicted octanol–water partition coefficient (Wildman–Crippen LogP) is 4.88. The number of nitriles is 1. The summed E-state index contributed by atoms with van der Waals surface area (Å²) < 4.78 is 5.37. The van der Waals surface area contributed by atoms with Crippen molar-refractivity contribution in [1.29, 1.82) is 5.26 Å². The van der Waals surface area contributed by atoms with Crippen LogP contribution in [0.5, 0.6) is 0 Å². The van der Waals surface area contributed by atoms with E-state index in [0.717, 1.165) is 11.1 Å². The van der Waals surface area contributed by atoms with Crippen LogP contribution >= 0.6 is 11.6 Å². The molecular weight excluding hydrogens is 488 g/mol. The molecule has 0 aliphatic carbocycles. The average Bonchev–Trinajstić information content (AvgIpc) is 2.94. The lowest BCUT2D eigenvalue weighted by atomic mass is 9.89. The molecule has 3 aromatic rings. The van der Waals surface area contributed by atoms with Crippen molar-refractivity contribution in [1.82, 2.24) is 15.6 Å². The van der Waals surface area contributed by atoms with Crippen molar-refractivity contribution in [3.8, 4) is 17.3 Å². The first kappa shape index (κ1) is 26.3. The number of rotatable bonds is 8. The van der Waals surface area contributed by atoms with Gasteiger partial charge in [0.25, 0.3) is 5.91 Å². The van der Waals surface area contributed by atoms with Crippen LogP contribution in [0.15, 0.2) is 72.9 Å². The zero-order chi connectivity index (χ0) is 26.3. The number of aromatic nitrogens is 1. The van der Waals surface area contributed by atoms with Crippen molar-refractivity contribution in [3.05, 3.63) is 89.1 Å². The molecule has 2 atom stereocenters. The van der Waals surface area contributed by atoms with Crippen LogP contribution in [-0.2, 0) is 9.53 Å². The highest BCUT2D eigenvalue weighted by molar-refractivity contribution is 6.33. The fraction of sp³-hybridized carbons (Fsp3) is 0.310. The lowest BCUT2D eigenvalue weighted by Gasteiger charge is -2.33. The quantitative estimate of drug-likeness (QED) is 0.444. The maximum Gasteiger partial charge on any atom is 0.253 e. The van der Waals surface area contributed by atoms with Crippen LogP contribution in [0.3, 0.4) is 0 Å². The van der Waals surface area contributed by atoms with Gasteiger partial charge in [0.15, 0.2) is 0 Å². The van der Waals surface area contributed by atoms with Gasteiger partial charge in [0.2, 0.25) is 5.91 Å². The molecule has 2 aromatic carbocycles. The Labute approximate surface area is 221 Å². The second-order valence-electron chi connectivity index (χ2n) is 9.28. The normalized spacial score (nSPS) is 16.1. The van der Waals surface area contributed by atoms with Crippen LogP contribution in [0, 0.1) is 11.3 Å². The van der Waals surface area contributed by atoms with Gasteiger partial charge in [-0.1, -0.05) is 67.1 Å². The molecule has 190 valence electrons. The number of hydrogen-bond acceptors (Lipinski definition) is 5. The van der Waals surface area contributed by atoms with Gasteiger partial charge in [-0.05, 0) is 36.1 Å². The predicted molar refractivity (Wildman–Crippen MR) is 142 cm³/mol. The highest BCUT2D eigenvalue weighted by Crippen LogP contribution is 2.26. The molecule has 8 heteroatoms. The summed E-state index contributed by atoms with van der Waals surface area (Å²) in [5.41, 5.74) is 1.78. The smallest absolute Gasteiger partial charge is 0.253 e. The van der Waals surface area contributed by atoms with Crippen molar-refractivity contribution in [2.75, 3.05) is 13.2 Å². The molecule has 2 amide bonds. The fourth-order valence-electron chi connectivity index (χ4n) is 4.41. The van der Waals surface area contributed by atoms with Crippen LogP contribution in [0.25, 0.3) is 11.3 Å². The Hall–Kier alpha value is -3.73. The van der Waals surface area contributed by atoms with Gasteiger partial charge >= 0.3 is 0 Å². The maximum atomic E-state index is 13.4. The molecule has 4 rings (SSSR count). The molecule has 0 saturated carbocycles. The Morgan fingerprint density at radius 1 is 1.08 bits per heavy atom. The molecule has 2 N–H and O–H groups in total. The maximum absolute atomic E-state index is 13.4. The van der Waals surface area contributed by atoms with Gasteiger partial charge in [0.1, 0.15) is 11.6 Å². The van der Waals surface area contributed by atoms with E-state index >= 15 is 0 Å². The van der Waals surface area contributed by atoms with E-state index in [1.807, 2.05) is 55.5 Å². The number of halogens is 1. The van der Waals surface area contributed by atoms with Crippen molar-refractivity contribution in [2.24, 2.45) is 0 Å². The van der Waals surface area contributed by atoms with Gasteiger partial charge in [-0.15, -0.1) is 0 Å². The highest BCUT2D eigenvalue weighted by atomic mass is 35.5. The molecule has 0 bridgehead atoms. The van der Waals surface area contributed by atoms with Gasteiger partial charge in [-0.3, -0.25) is 14.6 Å². The SMILES string of the molecule is C[C@@H](C[C@H](NC(=O)c1ccc(-c2ccccc2Cl)nc1)C(=O)NC1(C#N)CCOCC1)c1ccccc1. The Bertz CT molecular complexity index is 1270. The average molecular weight is 517 g/mol. The summed E-state index contributed by atoms with van der Waals surface area (Å²) in [5, 5.41) is 16.2. The summed E-state index contributed by atoms with van der Waals surface area (Å²) in [5.74, 6) is -0.817. The van der Waals surface area contributed by atoms with Crippen molar-refractivity contribution in [2.45, 2.75) is 43.7 Å². The number of carbonyl (C=O) groups excluding carboxylic acids is 2. The number of ether oxygens (including phenoxy) is 1. The number of nitrogens with one attached hydrogen (secondary N) is 2. The Balaban J connectivity index is 1.53. The van der Waals surface area contributed by atoms with Crippen LogP contribution in [0.2, 0.25) is 5.02 Å². The Kier molecular flexibility index (Phi) is 8.54. The molecule has 7 nitrogen and oxygen atoms in total. The van der Waals surface area contributed by atoms with Crippen LogP contribution in [0.4, 0.5) is 0 Å². The zero-order valence-corrected chi connectivity index (χ0v) is 21.4. The third-order valence-corrected chi connectivity index (χ3v) is 7.01. The van der Waals surface area contributed by atoms with Crippen molar-refractivity contribution in [3.63, 3.8) is 0 Å². The first-order valence-electron chi connectivity index (χ1n) is 12.3. The zero-order valence-electron chi connectivity index (χ0n) is 20.6. The lowest BCUT2D eigenvalue weighted by Crippen LogP contribution is -2.57. The molecule has 0 radical (unpaired) electrons. The number of nitrogens with zero attached hydrogens (tertiary/aromatic N) is 2. The molecule has 1 aromatic heterocycles. The second kappa shape index (κ2) is 12.0. The molecule has 0 unspecified atom stereocenters. The monoisotopic (exact) mass is 516 g/mol. The number of amides is 2. The Morgan fingerprint density at radius 2 is 1.78 bits per heavy atom. The summed E-state index contributed by atoms with van der Waals surface area (Å²) in [6, 6.07) is 21.9. The molecule has 1 aliphatic heterocycles. The largest absolute Gasteiger partial charge is 0.381 e. The van der Waals surface area contributed by atoms with E-state index < -0.39 is 17.5 Å². The standard InChI is InChI=1S/C29H29ClN4O3/c1-20(21-7-3-2-4-8-21)17-26(28(36)34-29(19-31)13-15-37-16-14-29)33-27(35)22-11-12-25(32-18-22)23-9-5-6-10-24(23)30/h2-12,18,20,26H,13-17H2,1H3,(H,33,35)(H,34,36)/t20-,26-/m0/s1. The molecule has 0 spiro atoms. The molecular formula is C29H29ClN4O3. The van der Waals surface area contributed by atoms with E-state index in [1.54, 1.807) is 18.2 Å². The van der Waals surface area contributed by atoms with E-state index in [9.17, 15) is 14.9 Å². The minimum Gasteiger partial charge on any atom is -0.381 e. The van der Waals surface area contributed by atoms with Gasteiger partial charge in [-0.25, -0.2) is 0 Å². The van der Waals surface area contributed by atoms with Crippen LogP contribution in [-0.4, -0.2) is 41.6 Å². The third-order valence-electron chi connectivity index (χ3n) is 6.68. The summed E-state index contributed by atoms with van der Waals surface area (Å²) in [7, 11) is 0. The summed E-state index contributed by atoms with van der Waals surface area (Å²) in [4.78, 5) is 31.0. The van der Waals surface area contributed by atoms with Crippen LogP contribution < -0.4 is 10.6 Å². The first-order valence-corrected chi connectivity index (χ1v) is 12.7. The van der Waals surface area contributed by atoms with Gasteiger partial charge in [0, 0.05) is 42.8 Å². The lowest BCUT2D eigenvalue weighted by molar-refractivity contribution is -0.125. The van der Waals surface area contributed by atoms with Crippen molar-refractivity contribution >= 4 is 23.4 Å². The molecule has 1 saturated heterocycles. The molecule has 2 heterocycles. The van der Waals surface area contributed by atoms with Gasteiger partial charge < -0.3 is 15.4 Å². The van der Waals surface area contributed by atoms with E-state index in [0.29, 0.717) is 48.8 Å². The van der Waals surface area contributed by atoms with E-state index in [1.165, 1.54) is 6.20 Å². The van der Waals surface area contributed by atoms with Gasteiger partial charge in [0.05, 0.1) is 17.3 Å². The minimum atomic E-state index is -1.01. The summed E-state index contributed by atoms with van der Waals surface area (Å²) in [6.45, 7) is 2.81. The molecule has 37 heavy (non-hydrogen) atoms. The first-order chi connectivity index (χ1) is 17.9. The summed E-state index contributed by atoms with van der Waals surface area (Å²) in [6.07, 6.45) is 2.64. The highest BCUT2D eigenvalue weighted by Gasteiger charge is 2.37. The number of benzene rings is 2. The Morgan fingerprint density at radius 3 is 2.43 bits per heavy atom. The minimum absolute atomic E-state index is 0.00861. The van der Waals surface area contributed by atoms with Gasteiger partial charge in [-0.2, -0.15) is 5.26 Å². The van der Waals surface area contributed by atoms with E-state index in [2.05, 4.69) is 21.7 Å². The number of pyridine rings is 1. The van der Waals surface area contributed by atoms with E-state index in [4.69, 9.17) is 16.3 Å². The topological polar surface area (TPSA) is 104 Å². The number of carbonyl (C=O) groups is 2. The van der Waals surface area contributed by atoms with E-state index in [-0.39, 0.29) is 11.8 Å².